The molecule has 1 amide bonds. The Labute approximate surface area is 161 Å². The lowest BCUT2D eigenvalue weighted by atomic mass is 10.00. The van der Waals surface area contributed by atoms with Gasteiger partial charge in [-0.2, -0.15) is 0 Å². The van der Waals surface area contributed by atoms with E-state index in [2.05, 4.69) is 24.8 Å². The number of piperidine rings is 1. The van der Waals surface area contributed by atoms with Crippen molar-refractivity contribution >= 4 is 23.0 Å². The molecule has 0 aromatic heterocycles. The van der Waals surface area contributed by atoms with Crippen molar-refractivity contribution in [1.29, 1.82) is 0 Å². The number of rotatable bonds is 3. The predicted molar refractivity (Wildman–Crippen MR) is 111 cm³/mol. The minimum absolute atomic E-state index is 0.00907. The molecule has 0 bridgehead atoms. The number of amides is 1. The summed E-state index contributed by atoms with van der Waals surface area (Å²) < 4.78 is 0. The van der Waals surface area contributed by atoms with Crippen LogP contribution in [-0.2, 0) is 4.79 Å². The molecule has 0 saturated carbocycles. The van der Waals surface area contributed by atoms with Gasteiger partial charge < -0.3 is 0 Å². The summed E-state index contributed by atoms with van der Waals surface area (Å²) in [5, 5.41) is 0. The fourth-order valence-electron chi connectivity index (χ4n) is 3.96. The van der Waals surface area contributed by atoms with Gasteiger partial charge in [0.2, 0.25) is 0 Å². The zero-order chi connectivity index (χ0) is 19.0. The number of likely N-dealkylation sites (tertiary alicyclic amines) is 1. The van der Waals surface area contributed by atoms with Crippen LogP contribution in [0.15, 0.2) is 47.5 Å². The molecule has 2 aromatic carbocycles. The van der Waals surface area contributed by atoms with Gasteiger partial charge in [0.15, 0.2) is 0 Å². The van der Waals surface area contributed by atoms with Gasteiger partial charge in [-0.05, 0) is 50.3 Å². The lowest BCUT2D eigenvalue weighted by Crippen LogP contribution is -2.44. The highest BCUT2D eigenvalue weighted by molar-refractivity contribution is 6.54. The predicted octanol–water partition coefficient (Wildman–Crippen LogP) is 4.46. The number of carbonyl (C=O) groups is 1. The van der Waals surface area contributed by atoms with E-state index in [0.717, 1.165) is 41.5 Å². The molecule has 27 heavy (non-hydrogen) atoms. The average Bonchev–Trinajstić information content (AvgIpc) is 2.91. The van der Waals surface area contributed by atoms with Crippen LogP contribution in [0.25, 0.3) is 0 Å². The fourth-order valence-corrected chi connectivity index (χ4v) is 3.96. The second-order valence-corrected chi connectivity index (χ2v) is 7.94. The highest BCUT2D eigenvalue weighted by atomic mass is 16.2. The number of aliphatic imine (C=N–C) groups is 1. The molecule has 140 valence electrons. The fraction of sp³-hybridized carbons (Fsp3) is 0.391. The van der Waals surface area contributed by atoms with Crippen molar-refractivity contribution in [3.8, 4) is 0 Å². The molecule has 2 aromatic rings. The van der Waals surface area contributed by atoms with Crippen molar-refractivity contribution in [3.63, 3.8) is 0 Å². The van der Waals surface area contributed by atoms with Gasteiger partial charge in [-0.1, -0.05) is 42.8 Å². The van der Waals surface area contributed by atoms with Gasteiger partial charge in [-0.15, -0.1) is 0 Å². The standard InChI is InChI=1S/C23H27N3O/c1-16-10-12-25(13-11-16)15-26-21-7-5-4-6-19(21)22(23(26)27)24-20-9-8-17(2)14-18(20)3/h4-9,14,16H,10-13,15H2,1-3H3. The first kappa shape index (κ1) is 17.9. The molecule has 1 saturated heterocycles. The van der Waals surface area contributed by atoms with E-state index in [-0.39, 0.29) is 5.91 Å². The SMILES string of the molecule is Cc1ccc(N=C2C(=O)N(CN3CCC(C)CC3)c3ccccc32)c(C)c1. The maximum Gasteiger partial charge on any atom is 0.278 e. The number of nitrogens with zero attached hydrogens (tertiary/aromatic N) is 3. The molecule has 4 nitrogen and oxygen atoms in total. The van der Waals surface area contributed by atoms with Crippen LogP contribution >= 0.6 is 0 Å². The van der Waals surface area contributed by atoms with Crippen molar-refractivity contribution in [2.45, 2.75) is 33.6 Å². The molecule has 2 aliphatic rings. The van der Waals surface area contributed by atoms with Crippen molar-refractivity contribution < 1.29 is 4.79 Å². The van der Waals surface area contributed by atoms with Gasteiger partial charge in [0.1, 0.15) is 5.71 Å². The minimum atomic E-state index is 0.00907. The molecular weight excluding hydrogens is 334 g/mol. The molecule has 1 fully saturated rings. The average molecular weight is 361 g/mol. The number of para-hydroxylation sites is 1. The van der Waals surface area contributed by atoms with Gasteiger partial charge in [0.25, 0.3) is 5.91 Å². The minimum Gasteiger partial charge on any atom is -0.293 e. The van der Waals surface area contributed by atoms with E-state index >= 15 is 0 Å². The Morgan fingerprint density at radius 3 is 2.56 bits per heavy atom. The van der Waals surface area contributed by atoms with Crippen LogP contribution in [0.3, 0.4) is 0 Å². The summed E-state index contributed by atoms with van der Waals surface area (Å²) in [6.07, 6.45) is 2.40. The zero-order valence-corrected chi connectivity index (χ0v) is 16.4. The van der Waals surface area contributed by atoms with Crippen molar-refractivity contribution in [1.82, 2.24) is 4.90 Å². The molecular formula is C23H27N3O. The third kappa shape index (κ3) is 3.54. The van der Waals surface area contributed by atoms with E-state index in [1.165, 1.54) is 18.4 Å². The van der Waals surface area contributed by atoms with Gasteiger partial charge in [0.05, 0.1) is 18.0 Å². The van der Waals surface area contributed by atoms with Crippen LogP contribution in [-0.4, -0.2) is 36.3 Å². The van der Waals surface area contributed by atoms with E-state index < -0.39 is 0 Å². The maximum absolute atomic E-state index is 13.3. The van der Waals surface area contributed by atoms with Crippen LogP contribution in [0.4, 0.5) is 11.4 Å². The van der Waals surface area contributed by atoms with E-state index in [0.29, 0.717) is 12.4 Å². The lowest BCUT2D eigenvalue weighted by Gasteiger charge is -2.33. The molecule has 0 atom stereocenters. The Bertz CT molecular complexity index is 894. The largest absolute Gasteiger partial charge is 0.293 e. The van der Waals surface area contributed by atoms with Crippen molar-refractivity contribution in [2.75, 3.05) is 24.7 Å². The quantitative estimate of drug-likeness (QED) is 0.809. The second-order valence-electron chi connectivity index (χ2n) is 7.94. The summed E-state index contributed by atoms with van der Waals surface area (Å²) >= 11 is 0. The van der Waals surface area contributed by atoms with E-state index in [9.17, 15) is 4.79 Å². The second kappa shape index (κ2) is 7.28. The Balaban J connectivity index is 1.66. The Kier molecular flexibility index (Phi) is 4.83. The van der Waals surface area contributed by atoms with Crippen molar-refractivity contribution in [3.05, 3.63) is 59.2 Å². The first-order chi connectivity index (χ1) is 13.0. The van der Waals surface area contributed by atoms with Gasteiger partial charge in [-0.3, -0.25) is 14.6 Å². The monoisotopic (exact) mass is 361 g/mol. The van der Waals surface area contributed by atoms with Crippen LogP contribution in [0.2, 0.25) is 0 Å². The van der Waals surface area contributed by atoms with Crippen LogP contribution in [0.5, 0.6) is 0 Å². The normalized spacial score (nSPS) is 19.7. The summed E-state index contributed by atoms with van der Waals surface area (Å²) in [5.41, 5.74) is 5.64. The first-order valence-corrected chi connectivity index (χ1v) is 9.82. The zero-order valence-electron chi connectivity index (χ0n) is 16.4. The molecule has 0 unspecified atom stereocenters. The Hall–Kier alpha value is -2.46. The molecule has 0 aliphatic carbocycles. The summed E-state index contributed by atoms with van der Waals surface area (Å²) in [5.74, 6) is 0.791. The number of fused-ring (bicyclic) bond motifs is 1. The van der Waals surface area contributed by atoms with Gasteiger partial charge in [-0.25, -0.2) is 4.99 Å². The summed E-state index contributed by atoms with van der Waals surface area (Å²) in [6, 6.07) is 14.2. The highest BCUT2D eigenvalue weighted by Crippen LogP contribution is 2.32. The Morgan fingerprint density at radius 2 is 1.81 bits per heavy atom. The number of carbonyl (C=O) groups excluding carboxylic acids is 1. The van der Waals surface area contributed by atoms with Crippen LogP contribution in [0, 0.1) is 19.8 Å². The molecule has 2 heterocycles. The smallest absolute Gasteiger partial charge is 0.278 e. The third-order valence-corrected chi connectivity index (χ3v) is 5.70. The number of aryl methyl sites for hydroxylation is 2. The summed E-state index contributed by atoms with van der Waals surface area (Å²) in [7, 11) is 0. The van der Waals surface area contributed by atoms with Crippen LogP contribution in [0.1, 0.15) is 36.5 Å². The molecule has 0 spiro atoms. The topological polar surface area (TPSA) is 35.9 Å². The number of benzene rings is 2. The molecule has 4 rings (SSSR count). The van der Waals surface area contributed by atoms with Gasteiger partial charge in [0, 0.05) is 18.7 Å². The molecule has 0 N–H and O–H groups in total. The molecule has 0 radical (unpaired) electrons. The van der Waals surface area contributed by atoms with Crippen LogP contribution < -0.4 is 4.90 Å². The summed E-state index contributed by atoms with van der Waals surface area (Å²) in [4.78, 5) is 22.3. The number of anilines is 1. The third-order valence-electron chi connectivity index (χ3n) is 5.70. The maximum atomic E-state index is 13.3. The van der Waals surface area contributed by atoms with E-state index in [1.54, 1.807) is 0 Å². The molecule has 2 aliphatic heterocycles. The highest BCUT2D eigenvalue weighted by Gasteiger charge is 2.35. The van der Waals surface area contributed by atoms with Crippen molar-refractivity contribution in [2.24, 2.45) is 10.9 Å². The lowest BCUT2D eigenvalue weighted by molar-refractivity contribution is -0.112. The van der Waals surface area contributed by atoms with Gasteiger partial charge >= 0.3 is 0 Å². The first-order valence-electron chi connectivity index (χ1n) is 9.82. The summed E-state index contributed by atoms with van der Waals surface area (Å²) in [6.45, 7) is 9.18. The Morgan fingerprint density at radius 1 is 1.07 bits per heavy atom. The number of hydrogen-bond acceptors (Lipinski definition) is 3. The molecule has 4 heteroatoms. The van der Waals surface area contributed by atoms with E-state index in [4.69, 9.17) is 4.99 Å². The number of hydrogen-bond donors (Lipinski definition) is 0. The van der Waals surface area contributed by atoms with E-state index in [1.807, 2.05) is 48.2 Å².